The Hall–Kier alpha value is -3.33. The molecule has 0 saturated heterocycles. The van der Waals surface area contributed by atoms with Crippen LogP contribution in [-0.2, 0) is 0 Å². The number of carbonyl (C=O) groups excluding carboxylic acids is 1. The number of ketones is 1. The SMILES string of the molecule is O=C(c1ccccc1)c1ccccc1.On1ccc2ccccc21. The van der Waals surface area contributed by atoms with Crippen LogP contribution in [0.5, 0.6) is 0 Å². The van der Waals surface area contributed by atoms with Crippen LogP contribution in [0.2, 0.25) is 0 Å². The van der Waals surface area contributed by atoms with Crippen LogP contribution >= 0.6 is 0 Å². The normalized spacial score (nSPS) is 10.0. The average molecular weight is 315 g/mol. The van der Waals surface area contributed by atoms with E-state index in [4.69, 9.17) is 5.21 Å². The molecule has 4 rings (SSSR count). The van der Waals surface area contributed by atoms with Gasteiger partial charge in [0.1, 0.15) is 0 Å². The summed E-state index contributed by atoms with van der Waals surface area (Å²) in [6, 6.07) is 28.2. The minimum atomic E-state index is 0.0752. The molecule has 0 fully saturated rings. The summed E-state index contributed by atoms with van der Waals surface area (Å²) in [7, 11) is 0. The molecule has 0 unspecified atom stereocenters. The van der Waals surface area contributed by atoms with E-state index in [1.807, 2.05) is 91.0 Å². The summed E-state index contributed by atoms with van der Waals surface area (Å²) in [6.45, 7) is 0. The molecule has 0 bridgehead atoms. The van der Waals surface area contributed by atoms with Crippen molar-refractivity contribution in [2.45, 2.75) is 0 Å². The van der Waals surface area contributed by atoms with Gasteiger partial charge in [-0.15, -0.1) is 0 Å². The Labute approximate surface area is 140 Å². The third kappa shape index (κ3) is 3.52. The minimum Gasteiger partial charge on any atom is -0.428 e. The van der Waals surface area contributed by atoms with E-state index in [-0.39, 0.29) is 5.78 Å². The number of benzene rings is 3. The first-order chi connectivity index (χ1) is 11.8. The zero-order chi connectivity index (χ0) is 16.8. The summed E-state index contributed by atoms with van der Waals surface area (Å²) in [5.74, 6) is 0.0752. The van der Waals surface area contributed by atoms with Crippen molar-refractivity contribution in [1.82, 2.24) is 4.73 Å². The van der Waals surface area contributed by atoms with Crippen LogP contribution in [0.1, 0.15) is 15.9 Å². The molecule has 1 aromatic heterocycles. The molecule has 0 aliphatic heterocycles. The maximum Gasteiger partial charge on any atom is 0.193 e. The average Bonchev–Trinajstić information content (AvgIpc) is 3.05. The lowest BCUT2D eigenvalue weighted by molar-refractivity contribution is 0.103. The molecule has 0 aliphatic carbocycles. The smallest absolute Gasteiger partial charge is 0.193 e. The molecule has 0 spiro atoms. The van der Waals surface area contributed by atoms with E-state index >= 15 is 0 Å². The summed E-state index contributed by atoms with van der Waals surface area (Å²) in [5, 5.41) is 10.2. The minimum absolute atomic E-state index is 0.0752. The van der Waals surface area contributed by atoms with Crippen molar-refractivity contribution < 1.29 is 10.0 Å². The van der Waals surface area contributed by atoms with Gasteiger partial charge in [-0.2, -0.15) is 4.73 Å². The van der Waals surface area contributed by atoms with E-state index in [1.165, 1.54) is 0 Å². The van der Waals surface area contributed by atoms with Crippen LogP contribution in [0.15, 0.2) is 97.2 Å². The third-order valence-corrected chi connectivity index (χ3v) is 3.65. The molecule has 118 valence electrons. The highest BCUT2D eigenvalue weighted by molar-refractivity contribution is 6.08. The maximum atomic E-state index is 11.8. The van der Waals surface area contributed by atoms with Gasteiger partial charge in [-0.1, -0.05) is 78.9 Å². The highest BCUT2D eigenvalue weighted by atomic mass is 16.5. The second-order valence-electron chi connectivity index (χ2n) is 5.28. The number of para-hydroxylation sites is 1. The van der Waals surface area contributed by atoms with Crippen molar-refractivity contribution in [2.75, 3.05) is 0 Å². The van der Waals surface area contributed by atoms with E-state index < -0.39 is 0 Å². The van der Waals surface area contributed by atoms with Gasteiger partial charge in [-0.3, -0.25) is 4.79 Å². The molecular formula is C21H17NO2. The van der Waals surface area contributed by atoms with Crippen molar-refractivity contribution >= 4 is 16.7 Å². The van der Waals surface area contributed by atoms with Crippen molar-refractivity contribution in [1.29, 1.82) is 0 Å². The molecule has 3 nitrogen and oxygen atoms in total. The highest BCUT2D eigenvalue weighted by Gasteiger charge is 2.06. The van der Waals surface area contributed by atoms with Gasteiger partial charge in [0.25, 0.3) is 0 Å². The molecule has 1 heterocycles. The monoisotopic (exact) mass is 315 g/mol. The molecule has 0 saturated carbocycles. The maximum absolute atomic E-state index is 11.8. The molecule has 1 N–H and O–H groups in total. The first kappa shape index (κ1) is 15.6. The number of hydrogen-bond donors (Lipinski definition) is 1. The van der Waals surface area contributed by atoms with Crippen LogP contribution in [0.4, 0.5) is 0 Å². The summed E-state index contributed by atoms with van der Waals surface area (Å²) in [6.07, 6.45) is 1.63. The van der Waals surface area contributed by atoms with Gasteiger partial charge >= 0.3 is 0 Å². The van der Waals surface area contributed by atoms with Crippen molar-refractivity contribution in [3.8, 4) is 0 Å². The molecule has 0 amide bonds. The van der Waals surface area contributed by atoms with Gasteiger partial charge in [-0.05, 0) is 12.1 Å². The van der Waals surface area contributed by atoms with Gasteiger partial charge in [-0.25, -0.2) is 0 Å². The topological polar surface area (TPSA) is 42.2 Å². The van der Waals surface area contributed by atoms with Crippen LogP contribution in [0.25, 0.3) is 10.9 Å². The molecule has 0 aliphatic rings. The van der Waals surface area contributed by atoms with Crippen molar-refractivity contribution in [3.63, 3.8) is 0 Å². The van der Waals surface area contributed by atoms with Gasteiger partial charge in [0, 0.05) is 22.7 Å². The molecule has 4 aromatic rings. The molecule has 24 heavy (non-hydrogen) atoms. The number of carbonyl (C=O) groups is 1. The fourth-order valence-electron chi connectivity index (χ4n) is 2.41. The third-order valence-electron chi connectivity index (χ3n) is 3.65. The molecule has 3 heteroatoms. The Kier molecular flexibility index (Phi) is 4.73. The van der Waals surface area contributed by atoms with E-state index in [0.29, 0.717) is 0 Å². The quantitative estimate of drug-likeness (QED) is 0.426. The van der Waals surface area contributed by atoms with Crippen LogP contribution in [0, 0.1) is 0 Å². The lowest BCUT2D eigenvalue weighted by Crippen LogP contribution is -1.99. The number of fused-ring (bicyclic) bond motifs is 1. The zero-order valence-electron chi connectivity index (χ0n) is 13.0. The van der Waals surface area contributed by atoms with Gasteiger partial charge in [0.05, 0.1) is 5.52 Å². The highest BCUT2D eigenvalue weighted by Crippen LogP contribution is 2.12. The Bertz CT molecular complexity index is 886. The summed E-state index contributed by atoms with van der Waals surface area (Å²) in [4.78, 5) is 11.8. The predicted octanol–water partition coefficient (Wildman–Crippen LogP) is 4.80. The Morgan fingerprint density at radius 3 is 1.71 bits per heavy atom. The van der Waals surface area contributed by atoms with Gasteiger partial charge in [0.2, 0.25) is 0 Å². The number of aromatic nitrogens is 1. The van der Waals surface area contributed by atoms with Crippen molar-refractivity contribution in [2.24, 2.45) is 0 Å². The molecule has 0 atom stereocenters. The number of rotatable bonds is 2. The standard InChI is InChI=1S/C13H10O.C8H7NO/c14-13(11-7-3-1-4-8-11)12-9-5-2-6-10-12;10-9-6-5-7-3-1-2-4-8(7)9/h1-10H;1-6,10H. The first-order valence-corrected chi connectivity index (χ1v) is 7.66. The van der Waals surface area contributed by atoms with Crippen LogP contribution in [-0.4, -0.2) is 15.7 Å². The zero-order valence-corrected chi connectivity index (χ0v) is 13.0. The Morgan fingerprint density at radius 1 is 0.667 bits per heavy atom. The van der Waals surface area contributed by atoms with E-state index in [2.05, 4.69) is 0 Å². The first-order valence-electron chi connectivity index (χ1n) is 7.66. The van der Waals surface area contributed by atoms with Gasteiger partial charge < -0.3 is 5.21 Å². The fraction of sp³-hybridized carbons (Fsp3) is 0. The summed E-state index contributed by atoms with van der Waals surface area (Å²) in [5.41, 5.74) is 2.32. The van der Waals surface area contributed by atoms with Gasteiger partial charge in [0.15, 0.2) is 5.78 Å². The molecule has 0 radical (unpaired) electrons. The lowest BCUT2D eigenvalue weighted by atomic mass is 10.0. The Morgan fingerprint density at radius 2 is 1.17 bits per heavy atom. The molecule has 3 aromatic carbocycles. The summed E-state index contributed by atoms with van der Waals surface area (Å²) >= 11 is 0. The van der Waals surface area contributed by atoms with E-state index in [1.54, 1.807) is 6.20 Å². The van der Waals surface area contributed by atoms with Crippen LogP contribution < -0.4 is 0 Å². The second-order valence-corrected chi connectivity index (χ2v) is 5.28. The fourth-order valence-corrected chi connectivity index (χ4v) is 2.41. The van der Waals surface area contributed by atoms with E-state index in [9.17, 15) is 4.79 Å². The van der Waals surface area contributed by atoms with Crippen LogP contribution in [0.3, 0.4) is 0 Å². The van der Waals surface area contributed by atoms with Crippen molar-refractivity contribution in [3.05, 3.63) is 108 Å². The number of hydrogen-bond acceptors (Lipinski definition) is 2. The predicted molar refractivity (Wildman–Crippen MR) is 95.4 cm³/mol. The number of nitrogens with zero attached hydrogens (tertiary/aromatic N) is 1. The van der Waals surface area contributed by atoms with E-state index in [0.717, 1.165) is 26.8 Å². The summed E-state index contributed by atoms with van der Waals surface area (Å²) < 4.78 is 1.12. The second kappa shape index (κ2) is 7.29. The lowest BCUT2D eigenvalue weighted by Gasteiger charge is -1.99. The Balaban J connectivity index is 0.000000149. The molecular weight excluding hydrogens is 298 g/mol. The largest absolute Gasteiger partial charge is 0.428 e.